The van der Waals surface area contributed by atoms with Crippen molar-refractivity contribution in [1.29, 1.82) is 0 Å². The summed E-state index contributed by atoms with van der Waals surface area (Å²) in [5.41, 5.74) is 0.709. The number of para-hydroxylation sites is 1. The summed E-state index contributed by atoms with van der Waals surface area (Å²) in [6.07, 6.45) is 2.27. The molecule has 0 aliphatic carbocycles. The molecule has 0 saturated carbocycles. The van der Waals surface area contributed by atoms with Gasteiger partial charge in [-0.05, 0) is 31.6 Å². The van der Waals surface area contributed by atoms with E-state index in [0.717, 1.165) is 50.4 Å². The monoisotopic (exact) mass is 372 g/mol. The molecule has 1 atom stereocenters. The average Bonchev–Trinajstić information content (AvgIpc) is 3.15. The third kappa shape index (κ3) is 4.51. The van der Waals surface area contributed by atoms with E-state index in [4.69, 9.17) is 13.9 Å². The van der Waals surface area contributed by atoms with Gasteiger partial charge in [-0.1, -0.05) is 18.7 Å². The zero-order chi connectivity index (χ0) is 19.2. The Labute approximate surface area is 160 Å². The number of benzene rings is 1. The number of hydrogen-bond donors (Lipinski definition) is 0. The van der Waals surface area contributed by atoms with Gasteiger partial charge in [0.1, 0.15) is 5.76 Å². The molecule has 1 fully saturated rings. The van der Waals surface area contributed by atoms with Gasteiger partial charge in [-0.25, -0.2) is 0 Å². The third-order valence-corrected chi connectivity index (χ3v) is 5.06. The van der Waals surface area contributed by atoms with E-state index in [1.54, 1.807) is 7.11 Å². The second-order valence-electron chi connectivity index (χ2n) is 6.75. The number of carbonyl (C=O) groups is 1. The molecule has 1 unspecified atom stereocenters. The molecule has 6 heteroatoms. The Morgan fingerprint density at radius 3 is 2.89 bits per heavy atom. The Kier molecular flexibility index (Phi) is 6.53. The van der Waals surface area contributed by atoms with E-state index in [9.17, 15) is 4.79 Å². The summed E-state index contributed by atoms with van der Waals surface area (Å²) in [6.45, 7) is 10.7. The van der Waals surface area contributed by atoms with Crippen LogP contribution in [0.3, 0.4) is 0 Å². The highest BCUT2D eigenvalue weighted by Gasteiger charge is 2.23. The van der Waals surface area contributed by atoms with Gasteiger partial charge in [0.25, 0.3) is 0 Å². The van der Waals surface area contributed by atoms with E-state index in [1.807, 2.05) is 36.1 Å². The molecule has 2 heterocycles. The second-order valence-corrected chi connectivity index (χ2v) is 6.75. The van der Waals surface area contributed by atoms with E-state index in [2.05, 4.69) is 11.5 Å². The highest BCUT2D eigenvalue weighted by atomic mass is 16.5. The van der Waals surface area contributed by atoms with Gasteiger partial charge in [-0.3, -0.25) is 9.69 Å². The Bertz CT molecular complexity index is 780. The molecule has 1 saturated heterocycles. The van der Waals surface area contributed by atoms with Crippen molar-refractivity contribution in [2.45, 2.75) is 19.4 Å². The van der Waals surface area contributed by atoms with Crippen molar-refractivity contribution in [1.82, 2.24) is 9.80 Å². The van der Waals surface area contributed by atoms with Gasteiger partial charge in [0, 0.05) is 31.6 Å². The van der Waals surface area contributed by atoms with Gasteiger partial charge >= 0.3 is 0 Å². The number of ether oxygens (including phenoxy) is 2. The molecule has 0 N–H and O–H groups in total. The molecule has 0 radical (unpaired) electrons. The van der Waals surface area contributed by atoms with E-state index in [0.29, 0.717) is 17.9 Å². The van der Waals surface area contributed by atoms with Crippen LogP contribution in [0.25, 0.3) is 11.0 Å². The molecule has 27 heavy (non-hydrogen) atoms. The first-order valence-electron chi connectivity index (χ1n) is 9.43. The maximum absolute atomic E-state index is 12.5. The first-order chi connectivity index (χ1) is 13.1. The molecule has 6 nitrogen and oxygen atoms in total. The van der Waals surface area contributed by atoms with Crippen LogP contribution >= 0.6 is 0 Å². The maximum Gasteiger partial charge on any atom is 0.246 e. The molecule has 1 aliphatic heterocycles. The van der Waals surface area contributed by atoms with Crippen LogP contribution in [0.15, 0.2) is 41.3 Å². The Morgan fingerprint density at radius 1 is 1.41 bits per heavy atom. The van der Waals surface area contributed by atoms with Crippen LogP contribution in [0, 0.1) is 0 Å². The molecule has 3 rings (SSSR count). The number of furan rings is 1. The minimum absolute atomic E-state index is 0.0862. The fourth-order valence-corrected chi connectivity index (χ4v) is 3.48. The summed E-state index contributed by atoms with van der Waals surface area (Å²) < 4.78 is 16.8. The summed E-state index contributed by atoms with van der Waals surface area (Å²) in [7, 11) is 1.62. The third-order valence-electron chi connectivity index (χ3n) is 5.06. The van der Waals surface area contributed by atoms with Crippen LogP contribution in [-0.4, -0.2) is 62.2 Å². The van der Waals surface area contributed by atoms with E-state index in [1.165, 1.54) is 6.08 Å². The SMILES string of the molecule is C=CC(=O)N(CCCN1CCOCC1)C(C)c1cc2cccc(OC)c2o1. The van der Waals surface area contributed by atoms with Crippen LogP contribution in [0.1, 0.15) is 25.1 Å². The molecular formula is C21H28N2O4. The highest BCUT2D eigenvalue weighted by molar-refractivity contribution is 5.88. The topological polar surface area (TPSA) is 55.2 Å². The molecule has 1 aromatic carbocycles. The summed E-state index contributed by atoms with van der Waals surface area (Å²) >= 11 is 0. The summed E-state index contributed by atoms with van der Waals surface area (Å²) in [5, 5.41) is 0.968. The van der Waals surface area contributed by atoms with E-state index in [-0.39, 0.29) is 11.9 Å². The van der Waals surface area contributed by atoms with Crippen molar-refractivity contribution in [2.75, 3.05) is 46.5 Å². The average molecular weight is 372 g/mol. The van der Waals surface area contributed by atoms with Crippen molar-refractivity contribution in [3.8, 4) is 5.75 Å². The number of rotatable bonds is 8. The van der Waals surface area contributed by atoms with Gasteiger partial charge in [-0.2, -0.15) is 0 Å². The van der Waals surface area contributed by atoms with Crippen LogP contribution < -0.4 is 4.74 Å². The molecule has 0 bridgehead atoms. The molecule has 2 aromatic rings. The van der Waals surface area contributed by atoms with Gasteiger partial charge in [0.15, 0.2) is 11.3 Å². The smallest absolute Gasteiger partial charge is 0.246 e. The highest BCUT2D eigenvalue weighted by Crippen LogP contribution is 2.33. The quantitative estimate of drug-likeness (QED) is 0.666. The predicted molar refractivity (Wildman–Crippen MR) is 105 cm³/mol. The summed E-state index contributed by atoms with van der Waals surface area (Å²) in [4.78, 5) is 16.6. The van der Waals surface area contributed by atoms with Crippen molar-refractivity contribution >= 4 is 16.9 Å². The molecule has 1 aliphatic rings. The number of carbonyl (C=O) groups excluding carboxylic acids is 1. The zero-order valence-electron chi connectivity index (χ0n) is 16.1. The van der Waals surface area contributed by atoms with Crippen molar-refractivity contribution < 1.29 is 18.7 Å². The van der Waals surface area contributed by atoms with Crippen LogP contribution in [-0.2, 0) is 9.53 Å². The molecule has 1 amide bonds. The number of morpholine rings is 1. The lowest BCUT2D eigenvalue weighted by atomic mass is 10.1. The van der Waals surface area contributed by atoms with Gasteiger partial charge in [-0.15, -0.1) is 0 Å². The first kappa shape index (κ1) is 19.5. The molecular weight excluding hydrogens is 344 g/mol. The largest absolute Gasteiger partial charge is 0.493 e. The van der Waals surface area contributed by atoms with Crippen molar-refractivity contribution in [2.24, 2.45) is 0 Å². The lowest BCUT2D eigenvalue weighted by Gasteiger charge is -2.30. The molecule has 0 spiro atoms. The fourth-order valence-electron chi connectivity index (χ4n) is 3.48. The van der Waals surface area contributed by atoms with Crippen LogP contribution in [0.4, 0.5) is 0 Å². The van der Waals surface area contributed by atoms with Gasteiger partial charge in [0.2, 0.25) is 5.91 Å². The minimum atomic E-state index is -0.183. The lowest BCUT2D eigenvalue weighted by molar-refractivity contribution is -0.128. The summed E-state index contributed by atoms with van der Waals surface area (Å²) in [6, 6.07) is 7.58. The first-order valence-corrected chi connectivity index (χ1v) is 9.43. The van der Waals surface area contributed by atoms with Crippen molar-refractivity contribution in [3.05, 3.63) is 42.7 Å². The second kappa shape index (κ2) is 9.06. The van der Waals surface area contributed by atoms with E-state index < -0.39 is 0 Å². The standard InChI is InChI=1S/C21H28N2O4/c1-4-20(24)23(10-6-9-22-11-13-26-14-12-22)16(2)19-15-17-7-5-8-18(25-3)21(17)27-19/h4-5,7-8,15-16H,1,6,9-14H2,2-3H3. The Morgan fingerprint density at radius 2 is 2.19 bits per heavy atom. The van der Waals surface area contributed by atoms with Crippen LogP contribution in [0.2, 0.25) is 0 Å². The molecule has 1 aromatic heterocycles. The zero-order valence-corrected chi connectivity index (χ0v) is 16.1. The Balaban J connectivity index is 1.71. The molecule has 146 valence electrons. The minimum Gasteiger partial charge on any atom is -0.493 e. The van der Waals surface area contributed by atoms with Gasteiger partial charge in [0.05, 0.1) is 26.4 Å². The summed E-state index contributed by atoms with van der Waals surface area (Å²) in [5.74, 6) is 1.35. The normalized spacial score (nSPS) is 16.2. The van der Waals surface area contributed by atoms with Crippen LogP contribution in [0.5, 0.6) is 5.75 Å². The maximum atomic E-state index is 12.5. The number of hydrogen-bond acceptors (Lipinski definition) is 5. The van der Waals surface area contributed by atoms with Gasteiger partial charge < -0.3 is 18.8 Å². The van der Waals surface area contributed by atoms with E-state index >= 15 is 0 Å². The number of nitrogens with zero attached hydrogens (tertiary/aromatic N) is 2. The van der Waals surface area contributed by atoms with Crippen molar-refractivity contribution in [3.63, 3.8) is 0 Å². The predicted octanol–water partition coefficient (Wildman–Crippen LogP) is 3.24. The number of amides is 1. The Hall–Kier alpha value is -2.31. The number of methoxy groups -OCH3 is 1. The fraction of sp³-hybridized carbons (Fsp3) is 0.476. The number of fused-ring (bicyclic) bond motifs is 1. The lowest BCUT2D eigenvalue weighted by Crippen LogP contribution is -2.39.